The van der Waals surface area contributed by atoms with Crippen LogP contribution in [-0.4, -0.2) is 70.5 Å². The van der Waals surface area contributed by atoms with Gasteiger partial charge in [0.1, 0.15) is 18.0 Å². The largest absolute Gasteiger partial charge is 0.337 e. The molecule has 0 saturated carbocycles. The van der Waals surface area contributed by atoms with Gasteiger partial charge in [-0.1, -0.05) is 70.2 Å². The predicted octanol–water partition coefficient (Wildman–Crippen LogP) is 4.01. The number of hydrazine groups is 1. The predicted molar refractivity (Wildman–Crippen MR) is 140 cm³/mol. The van der Waals surface area contributed by atoms with Crippen LogP contribution in [0.25, 0.3) is 0 Å². The van der Waals surface area contributed by atoms with E-state index in [0.717, 1.165) is 17.5 Å². The quantitative estimate of drug-likeness (QED) is 0.636. The monoisotopic (exact) mass is 511 g/mol. The zero-order chi connectivity index (χ0) is 27.1. The molecule has 2 aromatic carbocycles. The van der Waals surface area contributed by atoms with Crippen LogP contribution in [-0.2, 0) is 16.1 Å². The van der Waals surface area contributed by atoms with E-state index in [0.29, 0.717) is 12.5 Å². The van der Waals surface area contributed by atoms with Crippen molar-refractivity contribution in [2.75, 3.05) is 26.7 Å². The summed E-state index contributed by atoms with van der Waals surface area (Å²) in [6, 6.07) is 14.0. The van der Waals surface area contributed by atoms with E-state index in [1.165, 1.54) is 17.1 Å². The van der Waals surface area contributed by atoms with Crippen LogP contribution in [0.2, 0.25) is 0 Å². The van der Waals surface area contributed by atoms with Gasteiger partial charge < -0.3 is 15.1 Å². The number of carbonyl (C=O) groups is 3. The van der Waals surface area contributed by atoms with Crippen molar-refractivity contribution in [3.8, 4) is 0 Å². The van der Waals surface area contributed by atoms with Crippen LogP contribution in [0, 0.1) is 11.7 Å². The zero-order valence-electron chi connectivity index (χ0n) is 22.4. The highest BCUT2D eigenvalue weighted by Crippen LogP contribution is 2.34. The number of nitrogens with one attached hydrogen (secondary N) is 1. The van der Waals surface area contributed by atoms with E-state index < -0.39 is 12.2 Å². The minimum absolute atomic E-state index is 0.0247. The van der Waals surface area contributed by atoms with E-state index in [4.69, 9.17) is 0 Å². The van der Waals surface area contributed by atoms with Crippen LogP contribution < -0.4 is 5.32 Å². The standard InChI is InChI=1S/C26H32FN5O3.C2H6/c1-18(2)13-14-30-16-22-31(24(25(30)34)20-7-5-4-6-8-20)23(33)17-29(3)32(22)26(35)28-15-19-9-11-21(27)12-10-19;1-2/h4-12,18,22,24H,13-17H2,1-3H3,(H,28,35);1-2H3/t22?,24-;/m0./s1. The summed E-state index contributed by atoms with van der Waals surface area (Å²) >= 11 is 0. The first-order valence-electron chi connectivity index (χ1n) is 12.9. The molecule has 1 N–H and O–H groups in total. The third-order valence-electron chi connectivity index (χ3n) is 6.49. The Hall–Kier alpha value is -3.46. The number of likely N-dealkylation sites (N-methyl/N-ethyl adjacent to an activating group) is 1. The van der Waals surface area contributed by atoms with Crippen molar-refractivity contribution in [1.29, 1.82) is 0 Å². The number of carbonyl (C=O) groups excluding carboxylic acids is 3. The highest BCUT2D eigenvalue weighted by atomic mass is 19.1. The smallest absolute Gasteiger partial charge is 0.334 e. The lowest BCUT2D eigenvalue weighted by Gasteiger charge is -2.54. The van der Waals surface area contributed by atoms with Crippen LogP contribution in [0.4, 0.5) is 9.18 Å². The Kier molecular flexibility index (Phi) is 9.63. The van der Waals surface area contributed by atoms with E-state index in [2.05, 4.69) is 19.2 Å². The molecule has 2 atom stereocenters. The number of amides is 4. The molecule has 2 aliphatic rings. The number of urea groups is 1. The summed E-state index contributed by atoms with van der Waals surface area (Å²) in [6.45, 7) is 9.17. The SMILES string of the molecule is CC.CC(C)CCN1CC2N(C(=O)CN(C)N2C(=O)NCc2ccc(F)cc2)[C@@H](c2ccccc2)C1=O. The van der Waals surface area contributed by atoms with Crippen LogP contribution in [0.1, 0.15) is 51.3 Å². The maximum absolute atomic E-state index is 13.6. The molecule has 4 rings (SSSR count). The van der Waals surface area contributed by atoms with Crippen LogP contribution in [0.3, 0.4) is 0 Å². The second-order valence-electron chi connectivity index (χ2n) is 9.51. The number of hydrogen-bond acceptors (Lipinski definition) is 4. The minimum atomic E-state index is -0.796. The molecule has 2 fully saturated rings. The average Bonchev–Trinajstić information content (AvgIpc) is 2.89. The number of nitrogens with zero attached hydrogens (tertiary/aromatic N) is 4. The summed E-state index contributed by atoms with van der Waals surface area (Å²) in [5.41, 5.74) is 1.48. The van der Waals surface area contributed by atoms with Crippen molar-refractivity contribution in [3.63, 3.8) is 0 Å². The highest BCUT2D eigenvalue weighted by Gasteiger charge is 2.51. The lowest BCUT2D eigenvalue weighted by atomic mass is 9.98. The Morgan fingerprint density at radius 3 is 2.32 bits per heavy atom. The van der Waals surface area contributed by atoms with Crippen molar-refractivity contribution in [1.82, 2.24) is 25.1 Å². The van der Waals surface area contributed by atoms with E-state index in [9.17, 15) is 18.8 Å². The number of benzene rings is 2. The summed E-state index contributed by atoms with van der Waals surface area (Å²) in [5.74, 6) is -0.268. The molecule has 4 amide bonds. The van der Waals surface area contributed by atoms with Crippen molar-refractivity contribution in [2.45, 2.75) is 52.9 Å². The molecule has 9 heteroatoms. The maximum Gasteiger partial charge on any atom is 0.334 e. The summed E-state index contributed by atoms with van der Waals surface area (Å²) < 4.78 is 13.2. The first kappa shape index (κ1) is 28.1. The third kappa shape index (κ3) is 6.46. The lowest BCUT2D eigenvalue weighted by molar-refractivity contribution is -0.187. The first-order valence-corrected chi connectivity index (χ1v) is 12.9. The van der Waals surface area contributed by atoms with Crippen LogP contribution in [0.5, 0.6) is 0 Å². The lowest BCUT2D eigenvalue weighted by Crippen LogP contribution is -2.73. The number of fused-ring (bicyclic) bond motifs is 1. The molecule has 0 spiro atoms. The van der Waals surface area contributed by atoms with Gasteiger partial charge in [0.25, 0.3) is 0 Å². The first-order chi connectivity index (χ1) is 17.8. The summed E-state index contributed by atoms with van der Waals surface area (Å²) in [7, 11) is 1.69. The van der Waals surface area contributed by atoms with Gasteiger partial charge in [-0.25, -0.2) is 19.2 Å². The average molecular weight is 512 g/mol. The molecule has 8 nitrogen and oxygen atoms in total. The fraction of sp³-hybridized carbons (Fsp3) is 0.464. The van der Waals surface area contributed by atoms with Gasteiger partial charge in [0, 0.05) is 20.1 Å². The van der Waals surface area contributed by atoms with Crippen molar-refractivity contribution >= 4 is 17.8 Å². The van der Waals surface area contributed by atoms with Crippen molar-refractivity contribution in [2.24, 2.45) is 5.92 Å². The molecule has 200 valence electrons. The number of hydrogen-bond donors (Lipinski definition) is 1. The molecule has 0 aromatic heterocycles. The van der Waals surface area contributed by atoms with Crippen LogP contribution in [0.15, 0.2) is 54.6 Å². The topological polar surface area (TPSA) is 76.2 Å². The third-order valence-corrected chi connectivity index (χ3v) is 6.49. The van der Waals surface area contributed by atoms with E-state index >= 15 is 0 Å². The molecule has 0 aliphatic carbocycles. The summed E-state index contributed by atoms with van der Waals surface area (Å²) in [4.78, 5) is 43.5. The molecular weight excluding hydrogens is 473 g/mol. The second-order valence-corrected chi connectivity index (χ2v) is 9.51. The maximum atomic E-state index is 13.6. The number of piperazine rings is 1. The number of halogens is 1. The van der Waals surface area contributed by atoms with Crippen LogP contribution >= 0.6 is 0 Å². The molecule has 2 heterocycles. The fourth-order valence-electron chi connectivity index (χ4n) is 4.63. The Morgan fingerprint density at radius 1 is 1.05 bits per heavy atom. The van der Waals surface area contributed by atoms with Gasteiger partial charge in [0.05, 0.1) is 13.1 Å². The summed E-state index contributed by atoms with van der Waals surface area (Å²) in [6.07, 6.45) is 0.171. The molecule has 1 unspecified atom stereocenters. The van der Waals surface area contributed by atoms with Gasteiger partial charge in [0.2, 0.25) is 11.8 Å². The molecular formula is C28H38FN5O3. The van der Waals surface area contributed by atoms with Gasteiger partial charge in [-0.2, -0.15) is 0 Å². The molecule has 2 aromatic rings. The molecule has 0 bridgehead atoms. The van der Waals surface area contributed by atoms with Gasteiger partial charge in [0.15, 0.2) is 0 Å². The molecule has 2 aliphatic heterocycles. The Balaban J connectivity index is 0.00000186. The Bertz CT molecular complexity index is 1060. The Labute approximate surface area is 219 Å². The summed E-state index contributed by atoms with van der Waals surface area (Å²) in [5, 5.41) is 6.00. The molecule has 37 heavy (non-hydrogen) atoms. The van der Waals surface area contributed by atoms with E-state index in [1.54, 1.807) is 34.0 Å². The zero-order valence-corrected chi connectivity index (χ0v) is 22.4. The Morgan fingerprint density at radius 2 is 1.70 bits per heavy atom. The van der Waals surface area contributed by atoms with Gasteiger partial charge in [-0.15, -0.1) is 0 Å². The van der Waals surface area contributed by atoms with E-state index in [-0.39, 0.29) is 43.3 Å². The molecule has 2 saturated heterocycles. The normalized spacial score (nSPS) is 19.9. The highest BCUT2D eigenvalue weighted by molar-refractivity contribution is 5.92. The second kappa shape index (κ2) is 12.7. The van der Waals surface area contributed by atoms with Gasteiger partial charge in [-0.3, -0.25) is 9.59 Å². The van der Waals surface area contributed by atoms with E-state index in [1.807, 2.05) is 44.2 Å². The minimum Gasteiger partial charge on any atom is -0.337 e. The number of rotatable bonds is 6. The van der Waals surface area contributed by atoms with Crippen molar-refractivity contribution < 1.29 is 18.8 Å². The fourth-order valence-corrected chi connectivity index (χ4v) is 4.63. The van der Waals surface area contributed by atoms with Crippen molar-refractivity contribution in [3.05, 3.63) is 71.5 Å². The van der Waals surface area contributed by atoms with Gasteiger partial charge in [-0.05, 0) is 35.6 Å². The van der Waals surface area contributed by atoms with Gasteiger partial charge >= 0.3 is 6.03 Å². The molecule has 0 radical (unpaired) electrons.